The Morgan fingerprint density at radius 3 is 2.64 bits per heavy atom. The Bertz CT molecular complexity index is 723. The molecule has 0 radical (unpaired) electrons. The Morgan fingerprint density at radius 1 is 1.18 bits per heavy atom. The van der Waals surface area contributed by atoms with Crippen molar-refractivity contribution >= 4 is 21.6 Å². The molecule has 0 aromatic heterocycles. The van der Waals surface area contributed by atoms with Crippen molar-refractivity contribution in [1.29, 1.82) is 0 Å². The van der Waals surface area contributed by atoms with Gasteiger partial charge in [-0.25, -0.2) is 8.42 Å². The molecular formula is C14H16N2O5S. The van der Waals surface area contributed by atoms with Crippen molar-refractivity contribution in [3.63, 3.8) is 0 Å². The van der Waals surface area contributed by atoms with Crippen molar-refractivity contribution in [2.24, 2.45) is 5.92 Å². The van der Waals surface area contributed by atoms with Crippen molar-refractivity contribution in [1.82, 2.24) is 4.31 Å². The van der Waals surface area contributed by atoms with E-state index in [0.717, 1.165) is 12.8 Å². The Labute approximate surface area is 128 Å². The van der Waals surface area contributed by atoms with Gasteiger partial charge in [0.05, 0.1) is 11.2 Å². The standard InChI is InChI=1S/C14H16N2O5S/c17-14(9-6-16(7-9)22(18,19)11-2-3-11)15-10-1-4-12-13(5-10)21-8-20-12/h1,4-5,9,11H,2-3,6-8H2,(H,15,17). The highest BCUT2D eigenvalue weighted by Gasteiger charge is 2.46. The molecule has 2 fully saturated rings. The topological polar surface area (TPSA) is 84.9 Å². The van der Waals surface area contributed by atoms with Gasteiger partial charge in [-0.2, -0.15) is 4.31 Å². The van der Waals surface area contributed by atoms with E-state index in [0.29, 0.717) is 17.2 Å². The van der Waals surface area contributed by atoms with Crippen molar-refractivity contribution in [2.45, 2.75) is 18.1 Å². The summed E-state index contributed by atoms with van der Waals surface area (Å²) in [5.41, 5.74) is 0.623. The zero-order valence-corrected chi connectivity index (χ0v) is 12.6. The first-order chi connectivity index (χ1) is 10.5. The van der Waals surface area contributed by atoms with E-state index in [1.165, 1.54) is 4.31 Å². The molecule has 1 saturated heterocycles. The molecule has 0 spiro atoms. The molecule has 1 N–H and O–H groups in total. The van der Waals surface area contributed by atoms with Crippen molar-refractivity contribution in [3.05, 3.63) is 18.2 Å². The van der Waals surface area contributed by atoms with E-state index in [2.05, 4.69) is 5.32 Å². The van der Waals surface area contributed by atoms with E-state index in [1.54, 1.807) is 18.2 Å². The van der Waals surface area contributed by atoms with E-state index in [1.807, 2.05) is 0 Å². The van der Waals surface area contributed by atoms with Gasteiger partial charge in [-0.05, 0) is 25.0 Å². The van der Waals surface area contributed by atoms with Crippen LogP contribution < -0.4 is 14.8 Å². The Morgan fingerprint density at radius 2 is 1.91 bits per heavy atom. The first-order valence-corrected chi connectivity index (χ1v) is 8.74. The molecule has 3 aliphatic rings. The average molecular weight is 324 g/mol. The molecule has 1 aromatic carbocycles. The fraction of sp³-hybridized carbons (Fsp3) is 0.500. The van der Waals surface area contributed by atoms with Gasteiger partial charge in [0.15, 0.2) is 11.5 Å². The number of nitrogens with zero attached hydrogens (tertiary/aromatic N) is 1. The van der Waals surface area contributed by atoms with Crippen LogP contribution in [0, 0.1) is 5.92 Å². The Kier molecular flexibility index (Phi) is 3.05. The van der Waals surface area contributed by atoms with Gasteiger partial charge in [0.25, 0.3) is 0 Å². The highest BCUT2D eigenvalue weighted by atomic mass is 32.2. The number of hydrogen-bond donors (Lipinski definition) is 1. The maximum absolute atomic E-state index is 12.1. The van der Waals surface area contributed by atoms with Crippen LogP contribution >= 0.6 is 0 Å². The van der Waals surface area contributed by atoms with Gasteiger partial charge in [0, 0.05) is 24.8 Å². The lowest BCUT2D eigenvalue weighted by Crippen LogP contribution is -2.55. The Balaban J connectivity index is 1.36. The van der Waals surface area contributed by atoms with Crippen molar-refractivity contribution in [3.8, 4) is 11.5 Å². The zero-order chi connectivity index (χ0) is 15.3. The Hall–Kier alpha value is -1.80. The van der Waals surface area contributed by atoms with E-state index >= 15 is 0 Å². The number of benzene rings is 1. The SMILES string of the molecule is O=C(Nc1ccc2c(c1)OCO2)C1CN(S(=O)(=O)C2CC2)C1. The smallest absolute Gasteiger partial charge is 0.231 e. The molecule has 2 heterocycles. The molecule has 7 nitrogen and oxygen atoms in total. The number of sulfonamides is 1. The summed E-state index contributed by atoms with van der Waals surface area (Å²) < 4.78 is 35.9. The van der Waals surface area contributed by atoms with Crippen LogP contribution in [0.2, 0.25) is 0 Å². The molecule has 0 unspecified atom stereocenters. The molecule has 4 rings (SSSR count). The van der Waals surface area contributed by atoms with E-state index in [4.69, 9.17) is 9.47 Å². The molecule has 1 amide bonds. The fourth-order valence-corrected chi connectivity index (χ4v) is 4.54. The zero-order valence-electron chi connectivity index (χ0n) is 11.8. The summed E-state index contributed by atoms with van der Waals surface area (Å²) in [7, 11) is -3.16. The number of fused-ring (bicyclic) bond motifs is 1. The van der Waals surface area contributed by atoms with Crippen LogP contribution in [0.1, 0.15) is 12.8 Å². The molecule has 0 atom stereocenters. The molecule has 118 valence electrons. The lowest BCUT2D eigenvalue weighted by molar-refractivity contribution is -0.122. The molecular weight excluding hydrogens is 308 g/mol. The van der Waals surface area contributed by atoms with Gasteiger partial charge >= 0.3 is 0 Å². The van der Waals surface area contributed by atoms with Crippen LogP contribution in [0.4, 0.5) is 5.69 Å². The minimum Gasteiger partial charge on any atom is -0.454 e. The third-order valence-corrected chi connectivity index (χ3v) is 6.50. The summed E-state index contributed by atoms with van der Waals surface area (Å²) in [5, 5.41) is 2.58. The summed E-state index contributed by atoms with van der Waals surface area (Å²) in [4.78, 5) is 12.1. The van der Waals surface area contributed by atoms with Crippen LogP contribution in [-0.4, -0.2) is 43.8 Å². The van der Waals surface area contributed by atoms with Gasteiger partial charge in [-0.1, -0.05) is 0 Å². The average Bonchev–Trinajstić information content (AvgIpc) is 3.17. The fourth-order valence-electron chi connectivity index (χ4n) is 2.61. The van der Waals surface area contributed by atoms with Crippen molar-refractivity contribution in [2.75, 3.05) is 25.2 Å². The minimum absolute atomic E-state index is 0.166. The van der Waals surface area contributed by atoms with Gasteiger partial charge in [0.2, 0.25) is 22.7 Å². The lowest BCUT2D eigenvalue weighted by atomic mass is 10.0. The minimum atomic E-state index is -3.16. The number of ether oxygens (including phenoxy) is 2. The number of anilines is 1. The number of carbonyl (C=O) groups is 1. The summed E-state index contributed by atoms with van der Waals surface area (Å²) in [6, 6.07) is 5.18. The van der Waals surface area contributed by atoms with Crippen molar-refractivity contribution < 1.29 is 22.7 Å². The molecule has 1 aliphatic carbocycles. The quantitative estimate of drug-likeness (QED) is 0.884. The maximum Gasteiger partial charge on any atom is 0.231 e. The van der Waals surface area contributed by atoms with E-state index < -0.39 is 10.0 Å². The van der Waals surface area contributed by atoms with Crippen LogP contribution in [-0.2, 0) is 14.8 Å². The first kappa shape index (κ1) is 13.8. The summed E-state index contributed by atoms with van der Waals surface area (Å²) in [6.45, 7) is 0.730. The second-order valence-corrected chi connectivity index (χ2v) is 8.03. The molecule has 22 heavy (non-hydrogen) atoms. The number of hydrogen-bond acceptors (Lipinski definition) is 5. The van der Waals surface area contributed by atoms with Gasteiger partial charge in [-0.3, -0.25) is 4.79 Å². The predicted octanol–water partition coefficient (Wildman–Crippen LogP) is 0.778. The number of carbonyl (C=O) groups excluding carboxylic acids is 1. The summed E-state index contributed by atoms with van der Waals surface area (Å²) >= 11 is 0. The molecule has 1 saturated carbocycles. The van der Waals surface area contributed by atoms with E-state index in [9.17, 15) is 13.2 Å². The van der Waals surface area contributed by atoms with E-state index in [-0.39, 0.29) is 37.0 Å². The summed E-state index contributed by atoms with van der Waals surface area (Å²) in [5.74, 6) is 0.799. The monoisotopic (exact) mass is 324 g/mol. The van der Waals surface area contributed by atoms with Gasteiger partial charge in [0.1, 0.15) is 0 Å². The number of nitrogens with one attached hydrogen (secondary N) is 1. The first-order valence-electron chi connectivity index (χ1n) is 7.23. The van der Waals surface area contributed by atoms with Gasteiger partial charge < -0.3 is 14.8 Å². The molecule has 2 aliphatic heterocycles. The maximum atomic E-state index is 12.1. The van der Waals surface area contributed by atoms with Crippen LogP contribution in [0.25, 0.3) is 0 Å². The normalized spacial score (nSPS) is 21.5. The highest BCUT2D eigenvalue weighted by Crippen LogP contribution is 2.36. The highest BCUT2D eigenvalue weighted by molar-refractivity contribution is 7.90. The molecule has 1 aromatic rings. The predicted molar refractivity (Wildman–Crippen MR) is 78.2 cm³/mol. The third-order valence-electron chi connectivity index (χ3n) is 4.16. The molecule has 8 heteroatoms. The van der Waals surface area contributed by atoms with Crippen LogP contribution in [0.15, 0.2) is 18.2 Å². The molecule has 0 bridgehead atoms. The third kappa shape index (κ3) is 2.32. The second-order valence-electron chi connectivity index (χ2n) is 5.82. The largest absolute Gasteiger partial charge is 0.454 e. The number of rotatable bonds is 4. The lowest BCUT2D eigenvalue weighted by Gasteiger charge is -2.37. The number of amides is 1. The second kappa shape index (κ2) is 4.85. The summed E-state index contributed by atoms with van der Waals surface area (Å²) in [6.07, 6.45) is 1.49. The van der Waals surface area contributed by atoms with Crippen LogP contribution in [0.3, 0.4) is 0 Å². The van der Waals surface area contributed by atoms with Gasteiger partial charge in [-0.15, -0.1) is 0 Å². The van der Waals surface area contributed by atoms with Crippen LogP contribution in [0.5, 0.6) is 11.5 Å².